The number of hydrogen-bond acceptors (Lipinski definition) is 3. The molecular weight excluding hydrogens is 321 g/mol. The first kappa shape index (κ1) is 17.9. The highest BCUT2D eigenvalue weighted by Gasteiger charge is 2.30. The van der Waals surface area contributed by atoms with E-state index in [0.717, 1.165) is 38.8 Å². The van der Waals surface area contributed by atoms with E-state index >= 15 is 0 Å². The Hall–Kier alpha value is -1.95. The largest absolute Gasteiger partial charge is 0.339 e. The van der Waals surface area contributed by atoms with Crippen molar-refractivity contribution in [3.05, 3.63) is 35.6 Å². The van der Waals surface area contributed by atoms with Crippen molar-refractivity contribution in [2.45, 2.75) is 38.1 Å². The summed E-state index contributed by atoms with van der Waals surface area (Å²) in [6, 6.07) is 5.81. The Morgan fingerprint density at radius 1 is 1.16 bits per heavy atom. The summed E-state index contributed by atoms with van der Waals surface area (Å²) in [7, 11) is 0. The van der Waals surface area contributed by atoms with Crippen molar-refractivity contribution >= 4 is 11.8 Å². The molecule has 3 rings (SSSR count). The van der Waals surface area contributed by atoms with Crippen LogP contribution in [0, 0.1) is 5.82 Å². The summed E-state index contributed by atoms with van der Waals surface area (Å²) in [6.45, 7) is 3.00. The Kier molecular flexibility index (Phi) is 6.02. The minimum atomic E-state index is -0.428. The molecule has 1 aromatic rings. The van der Waals surface area contributed by atoms with Gasteiger partial charge in [0.15, 0.2) is 0 Å². The number of carbonyl (C=O) groups excluding carboxylic acids is 2. The van der Waals surface area contributed by atoms with E-state index < -0.39 is 5.82 Å². The molecule has 2 aliphatic rings. The van der Waals surface area contributed by atoms with Crippen LogP contribution in [0.15, 0.2) is 24.3 Å². The normalized spacial score (nSPS) is 18.8. The number of carbonyl (C=O) groups is 2. The number of piperazine rings is 1. The minimum absolute atomic E-state index is 0.0168. The molecule has 1 aliphatic heterocycles. The van der Waals surface area contributed by atoms with E-state index in [1.165, 1.54) is 18.6 Å². The zero-order valence-electron chi connectivity index (χ0n) is 14.5. The van der Waals surface area contributed by atoms with Gasteiger partial charge in [0.2, 0.25) is 5.91 Å². The maximum atomic E-state index is 13.5. The van der Waals surface area contributed by atoms with Gasteiger partial charge in [-0.1, -0.05) is 25.3 Å². The zero-order valence-corrected chi connectivity index (χ0v) is 14.5. The standard InChI is InChI=1S/C19H26FN3O2/c20-16-6-4-5-15(13-16)19(25)23(17-7-2-1-3-8-17)14-18(24)22-11-9-21-10-12-22/h4-6,13,17,21H,1-3,7-12,14H2. The maximum absolute atomic E-state index is 13.5. The molecule has 2 fully saturated rings. The average molecular weight is 347 g/mol. The monoisotopic (exact) mass is 347 g/mol. The molecule has 0 bridgehead atoms. The van der Waals surface area contributed by atoms with Crippen LogP contribution in [0.5, 0.6) is 0 Å². The van der Waals surface area contributed by atoms with Crippen LogP contribution in [0.4, 0.5) is 4.39 Å². The first-order valence-electron chi connectivity index (χ1n) is 9.20. The topological polar surface area (TPSA) is 52.7 Å². The molecule has 1 saturated heterocycles. The summed E-state index contributed by atoms with van der Waals surface area (Å²) in [6.07, 6.45) is 5.13. The van der Waals surface area contributed by atoms with Gasteiger partial charge in [-0.3, -0.25) is 9.59 Å². The lowest BCUT2D eigenvalue weighted by molar-refractivity contribution is -0.133. The SMILES string of the molecule is O=C(CN(C(=O)c1cccc(F)c1)C1CCCCC1)N1CCNCC1. The fraction of sp³-hybridized carbons (Fsp3) is 0.579. The highest BCUT2D eigenvalue weighted by molar-refractivity contribution is 5.96. The Balaban J connectivity index is 1.76. The third-order valence-corrected chi connectivity index (χ3v) is 5.12. The predicted molar refractivity (Wildman–Crippen MR) is 93.8 cm³/mol. The summed E-state index contributed by atoms with van der Waals surface area (Å²) >= 11 is 0. The Labute approximate surface area is 148 Å². The van der Waals surface area contributed by atoms with Crippen LogP contribution in [0.25, 0.3) is 0 Å². The quantitative estimate of drug-likeness (QED) is 0.907. The van der Waals surface area contributed by atoms with Crippen LogP contribution in [0.1, 0.15) is 42.5 Å². The molecule has 0 spiro atoms. The second kappa shape index (κ2) is 8.43. The molecule has 1 N–H and O–H groups in total. The molecule has 1 saturated carbocycles. The Morgan fingerprint density at radius 3 is 2.56 bits per heavy atom. The van der Waals surface area contributed by atoms with Crippen molar-refractivity contribution < 1.29 is 14.0 Å². The molecule has 25 heavy (non-hydrogen) atoms. The zero-order chi connectivity index (χ0) is 17.6. The number of amides is 2. The molecule has 1 aliphatic carbocycles. The maximum Gasteiger partial charge on any atom is 0.254 e. The van der Waals surface area contributed by atoms with Gasteiger partial charge >= 0.3 is 0 Å². The van der Waals surface area contributed by atoms with Gasteiger partial charge in [0, 0.05) is 37.8 Å². The van der Waals surface area contributed by atoms with E-state index in [2.05, 4.69) is 5.32 Å². The first-order valence-corrected chi connectivity index (χ1v) is 9.20. The Bertz CT molecular complexity index is 610. The molecule has 6 heteroatoms. The van der Waals surface area contributed by atoms with Gasteiger partial charge < -0.3 is 15.1 Å². The van der Waals surface area contributed by atoms with Gasteiger partial charge in [-0.2, -0.15) is 0 Å². The second-order valence-corrected chi connectivity index (χ2v) is 6.87. The summed E-state index contributed by atoms with van der Waals surface area (Å²) in [5.74, 6) is -0.686. The van der Waals surface area contributed by atoms with Crippen molar-refractivity contribution in [1.82, 2.24) is 15.1 Å². The molecule has 5 nitrogen and oxygen atoms in total. The van der Waals surface area contributed by atoms with Crippen LogP contribution in [-0.4, -0.2) is 60.4 Å². The number of benzene rings is 1. The highest BCUT2D eigenvalue weighted by Crippen LogP contribution is 2.24. The van der Waals surface area contributed by atoms with E-state index in [0.29, 0.717) is 18.7 Å². The summed E-state index contributed by atoms with van der Waals surface area (Å²) in [4.78, 5) is 29.2. The van der Waals surface area contributed by atoms with E-state index in [1.807, 2.05) is 4.90 Å². The van der Waals surface area contributed by atoms with Gasteiger partial charge in [0.05, 0.1) is 0 Å². The molecule has 1 heterocycles. The van der Waals surface area contributed by atoms with Crippen LogP contribution < -0.4 is 5.32 Å². The van der Waals surface area contributed by atoms with Crippen molar-refractivity contribution in [2.75, 3.05) is 32.7 Å². The summed E-state index contributed by atoms with van der Waals surface area (Å²) < 4.78 is 13.5. The molecule has 136 valence electrons. The summed E-state index contributed by atoms with van der Waals surface area (Å²) in [5, 5.41) is 3.23. The van der Waals surface area contributed by atoms with Gasteiger partial charge in [-0.05, 0) is 31.0 Å². The van der Waals surface area contributed by atoms with Gasteiger partial charge in [0.25, 0.3) is 5.91 Å². The first-order chi connectivity index (χ1) is 12.1. The highest BCUT2D eigenvalue weighted by atomic mass is 19.1. The molecule has 0 radical (unpaired) electrons. The molecular formula is C19H26FN3O2. The second-order valence-electron chi connectivity index (χ2n) is 6.87. The van der Waals surface area contributed by atoms with E-state index in [9.17, 15) is 14.0 Å². The van der Waals surface area contributed by atoms with Gasteiger partial charge in [-0.15, -0.1) is 0 Å². The smallest absolute Gasteiger partial charge is 0.254 e. The van der Waals surface area contributed by atoms with Crippen LogP contribution in [0.3, 0.4) is 0 Å². The van der Waals surface area contributed by atoms with Crippen LogP contribution in [-0.2, 0) is 4.79 Å². The lowest BCUT2D eigenvalue weighted by atomic mass is 9.93. The number of nitrogens with zero attached hydrogens (tertiary/aromatic N) is 2. The van der Waals surface area contributed by atoms with Crippen LogP contribution in [0.2, 0.25) is 0 Å². The fourth-order valence-electron chi connectivity index (χ4n) is 3.71. The minimum Gasteiger partial charge on any atom is -0.339 e. The fourth-order valence-corrected chi connectivity index (χ4v) is 3.71. The average Bonchev–Trinajstić information content (AvgIpc) is 2.67. The van der Waals surface area contributed by atoms with Gasteiger partial charge in [0.1, 0.15) is 12.4 Å². The van der Waals surface area contributed by atoms with Crippen LogP contribution >= 0.6 is 0 Å². The molecule has 0 unspecified atom stereocenters. The van der Waals surface area contributed by atoms with E-state index in [4.69, 9.17) is 0 Å². The lowest BCUT2D eigenvalue weighted by Gasteiger charge is -2.36. The molecule has 0 atom stereocenters. The van der Waals surface area contributed by atoms with Crippen molar-refractivity contribution in [3.63, 3.8) is 0 Å². The molecule has 1 aromatic carbocycles. The number of halogens is 1. The van der Waals surface area contributed by atoms with Crippen molar-refractivity contribution in [3.8, 4) is 0 Å². The van der Waals surface area contributed by atoms with Crippen molar-refractivity contribution in [2.24, 2.45) is 0 Å². The number of nitrogens with one attached hydrogen (secondary N) is 1. The van der Waals surface area contributed by atoms with E-state index in [-0.39, 0.29) is 24.4 Å². The third kappa shape index (κ3) is 4.57. The summed E-state index contributed by atoms with van der Waals surface area (Å²) in [5.41, 5.74) is 0.318. The van der Waals surface area contributed by atoms with Crippen molar-refractivity contribution in [1.29, 1.82) is 0 Å². The molecule has 2 amide bonds. The van der Waals surface area contributed by atoms with E-state index in [1.54, 1.807) is 17.0 Å². The third-order valence-electron chi connectivity index (χ3n) is 5.12. The Morgan fingerprint density at radius 2 is 1.88 bits per heavy atom. The number of rotatable bonds is 4. The lowest BCUT2D eigenvalue weighted by Crippen LogP contribution is -2.52. The number of hydrogen-bond donors (Lipinski definition) is 1. The predicted octanol–water partition coefficient (Wildman–Crippen LogP) is 2.03. The van der Waals surface area contributed by atoms with Gasteiger partial charge in [-0.25, -0.2) is 4.39 Å². The molecule has 0 aromatic heterocycles.